The molecular weight excluding hydrogens is 407 g/mol. The second-order valence-electron chi connectivity index (χ2n) is 7.58. The van der Waals surface area contributed by atoms with Crippen molar-refractivity contribution in [1.82, 2.24) is 10.2 Å². The molecule has 0 aromatic heterocycles. The number of ether oxygens (including phenoxy) is 1. The molecule has 2 N–H and O–H groups in total. The van der Waals surface area contributed by atoms with Crippen molar-refractivity contribution in [2.75, 3.05) is 26.3 Å². The molecule has 0 saturated carbocycles. The number of nitrogens with one attached hydrogen (secondary N) is 1. The van der Waals surface area contributed by atoms with E-state index in [0.717, 1.165) is 31.7 Å². The van der Waals surface area contributed by atoms with E-state index in [2.05, 4.69) is 29.3 Å². The van der Waals surface area contributed by atoms with Crippen LogP contribution < -0.4 is 10.1 Å². The number of rotatable bonds is 8. The third-order valence-electron chi connectivity index (χ3n) is 5.53. The fourth-order valence-corrected chi connectivity index (χ4v) is 3.83. The summed E-state index contributed by atoms with van der Waals surface area (Å²) in [7, 11) is 0. The minimum Gasteiger partial charge on any atom is -0.494 e. The average Bonchev–Trinajstić information content (AvgIpc) is 2.76. The van der Waals surface area contributed by atoms with Gasteiger partial charge in [-0.3, -0.25) is 9.69 Å². The highest BCUT2D eigenvalue weighted by atomic mass is 35.5. The molecule has 1 unspecified atom stereocenters. The third kappa shape index (κ3) is 5.94. The molecule has 1 heterocycles. The molecule has 30 heavy (non-hydrogen) atoms. The van der Waals surface area contributed by atoms with Gasteiger partial charge < -0.3 is 15.2 Å². The van der Waals surface area contributed by atoms with Gasteiger partial charge in [-0.15, -0.1) is 0 Å². The van der Waals surface area contributed by atoms with Gasteiger partial charge in [0.15, 0.2) is 0 Å². The summed E-state index contributed by atoms with van der Waals surface area (Å²) in [5.41, 5.74) is 1.59. The Morgan fingerprint density at radius 1 is 1.27 bits per heavy atom. The highest BCUT2D eigenvalue weighted by Gasteiger charge is 2.25. The maximum atomic E-state index is 13.3. The van der Waals surface area contributed by atoms with Gasteiger partial charge in [-0.05, 0) is 55.7 Å². The third-order valence-corrected chi connectivity index (χ3v) is 5.82. The number of piperidine rings is 1. The lowest BCUT2D eigenvalue weighted by Crippen LogP contribution is -2.45. The molecule has 3 rings (SSSR count). The summed E-state index contributed by atoms with van der Waals surface area (Å²) < 4.78 is 18.9. The Balaban J connectivity index is 1.48. The molecule has 0 spiro atoms. The highest BCUT2D eigenvalue weighted by molar-refractivity contribution is 6.31. The van der Waals surface area contributed by atoms with Crippen LogP contribution in [-0.2, 0) is 0 Å². The van der Waals surface area contributed by atoms with E-state index < -0.39 is 5.82 Å². The topological polar surface area (TPSA) is 61.8 Å². The first-order chi connectivity index (χ1) is 14.5. The number of amides is 1. The number of benzene rings is 2. The van der Waals surface area contributed by atoms with Gasteiger partial charge in [-0.2, -0.15) is 0 Å². The Hall–Kier alpha value is -2.15. The van der Waals surface area contributed by atoms with Crippen molar-refractivity contribution in [1.29, 1.82) is 0 Å². The maximum Gasteiger partial charge on any atom is 0.251 e. The van der Waals surface area contributed by atoms with Crippen LogP contribution >= 0.6 is 11.6 Å². The van der Waals surface area contributed by atoms with Crippen molar-refractivity contribution in [3.8, 4) is 5.75 Å². The van der Waals surface area contributed by atoms with E-state index in [0.29, 0.717) is 18.6 Å². The number of hydrogen-bond donors (Lipinski definition) is 2. The summed E-state index contributed by atoms with van der Waals surface area (Å²) in [5, 5.41) is 11.8. The summed E-state index contributed by atoms with van der Waals surface area (Å²) in [6.45, 7) is 4.58. The van der Waals surface area contributed by atoms with E-state index >= 15 is 0 Å². The lowest BCUT2D eigenvalue weighted by molar-refractivity contribution is 0.0896. The van der Waals surface area contributed by atoms with Crippen LogP contribution in [0.2, 0.25) is 5.02 Å². The van der Waals surface area contributed by atoms with Gasteiger partial charge in [0.1, 0.15) is 11.6 Å². The molecule has 2 aromatic rings. The Bertz CT molecular complexity index is 839. The predicted octanol–water partition coefficient (Wildman–Crippen LogP) is 4.20. The summed E-state index contributed by atoms with van der Waals surface area (Å²) >= 11 is 5.77. The molecule has 162 valence electrons. The molecule has 7 heteroatoms. The molecule has 1 fully saturated rings. The Kier molecular flexibility index (Phi) is 8.08. The molecule has 0 bridgehead atoms. The quantitative estimate of drug-likeness (QED) is 0.611. The normalized spacial score (nSPS) is 16.3. The van der Waals surface area contributed by atoms with E-state index in [1.165, 1.54) is 23.8 Å². The van der Waals surface area contributed by atoms with Crippen LogP contribution in [0, 0.1) is 5.82 Å². The van der Waals surface area contributed by atoms with Crippen LogP contribution in [0.4, 0.5) is 4.39 Å². The minimum absolute atomic E-state index is 0.0453. The average molecular weight is 435 g/mol. The SMILES string of the molecule is CC(c1ccc(OCCCO)cc1)N1CCC(NC(=O)c2ccc(F)c(Cl)c2)CC1. The second-order valence-corrected chi connectivity index (χ2v) is 7.99. The number of aliphatic hydroxyl groups excluding tert-OH is 1. The molecule has 0 radical (unpaired) electrons. The van der Waals surface area contributed by atoms with Crippen LogP contribution in [0.1, 0.15) is 48.1 Å². The van der Waals surface area contributed by atoms with Crippen LogP contribution in [0.15, 0.2) is 42.5 Å². The van der Waals surface area contributed by atoms with Gasteiger partial charge in [0.05, 0.1) is 11.6 Å². The monoisotopic (exact) mass is 434 g/mol. The van der Waals surface area contributed by atoms with E-state index in [-0.39, 0.29) is 29.6 Å². The molecule has 1 aliphatic rings. The standard InChI is InChI=1S/C23H28ClFN2O3/c1-16(17-3-6-20(7-4-17)30-14-2-13-28)27-11-9-19(10-12-27)26-23(29)18-5-8-22(25)21(24)15-18/h3-8,15-16,19,28H,2,9-14H2,1H3,(H,26,29). The van der Waals surface area contributed by atoms with Crippen molar-refractivity contribution in [2.24, 2.45) is 0 Å². The zero-order valence-electron chi connectivity index (χ0n) is 17.1. The molecule has 5 nitrogen and oxygen atoms in total. The first kappa shape index (κ1) is 22.5. The molecule has 2 aromatic carbocycles. The largest absolute Gasteiger partial charge is 0.494 e. The number of carbonyl (C=O) groups excluding carboxylic acids is 1. The molecule has 1 amide bonds. The zero-order chi connectivity index (χ0) is 21.5. The Morgan fingerprint density at radius 3 is 2.60 bits per heavy atom. The Morgan fingerprint density at radius 2 is 1.97 bits per heavy atom. The van der Waals surface area contributed by atoms with Gasteiger partial charge in [0.25, 0.3) is 5.91 Å². The van der Waals surface area contributed by atoms with Crippen LogP contribution in [0.3, 0.4) is 0 Å². The number of likely N-dealkylation sites (tertiary alicyclic amines) is 1. The van der Waals surface area contributed by atoms with Crippen LogP contribution in [0.5, 0.6) is 5.75 Å². The van der Waals surface area contributed by atoms with Crippen molar-refractivity contribution >= 4 is 17.5 Å². The number of hydrogen-bond acceptors (Lipinski definition) is 4. The first-order valence-electron chi connectivity index (χ1n) is 10.3. The number of carbonyl (C=O) groups is 1. The zero-order valence-corrected chi connectivity index (χ0v) is 17.9. The maximum absolute atomic E-state index is 13.3. The predicted molar refractivity (Wildman–Crippen MR) is 116 cm³/mol. The number of aliphatic hydroxyl groups is 1. The molecule has 1 aliphatic heterocycles. The van der Waals surface area contributed by atoms with Crippen molar-refractivity contribution in [3.63, 3.8) is 0 Å². The lowest BCUT2D eigenvalue weighted by Gasteiger charge is -2.36. The van der Waals surface area contributed by atoms with E-state index in [1.54, 1.807) is 0 Å². The van der Waals surface area contributed by atoms with Crippen LogP contribution in [-0.4, -0.2) is 48.3 Å². The van der Waals surface area contributed by atoms with Gasteiger partial charge >= 0.3 is 0 Å². The minimum atomic E-state index is -0.528. The molecular formula is C23H28ClFN2O3. The Labute approximate surface area is 181 Å². The second kappa shape index (κ2) is 10.8. The van der Waals surface area contributed by atoms with Crippen molar-refractivity contribution in [2.45, 2.75) is 38.3 Å². The smallest absolute Gasteiger partial charge is 0.251 e. The number of halogens is 2. The lowest BCUT2D eigenvalue weighted by atomic mass is 9.99. The molecule has 1 atom stereocenters. The summed E-state index contributed by atoms with van der Waals surface area (Å²) in [6.07, 6.45) is 2.33. The summed E-state index contributed by atoms with van der Waals surface area (Å²) in [4.78, 5) is 14.8. The van der Waals surface area contributed by atoms with Gasteiger partial charge in [0, 0.05) is 43.8 Å². The van der Waals surface area contributed by atoms with Gasteiger partial charge in [-0.25, -0.2) is 4.39 Å². The number of nitrogens with zero attached hydrogens (tertiary/aromatic N) is 1. The molecule has 0 aliphatic carbocycles. The van der Waals surface area contributed by atoms with Gasteiger partial charge in [-0.1, -0.05) is 23.7 Å². The van der Waals surface area contributed by atoms with Crippen molar-refractivity contribution in [3.05, 3.63) is 64.4 Å². The van der Waals surface area contributed by atoms with Crippen molar-refractivity contribution < 1.29 is 19.0 Å². The molecule has 1 saturated heterocycles. The summed E-state index contributed by atoms with van der Waals surface area (Å²) in [6, 6.07) is 12.5. The first-order valence-corrected chi connectivity index (χ1v) is 10.7. The van der Waals surface area contributed by atoms with Crippen LogP contribution in [0.25, 0.3) is 0 Å². The highest BCUT2D eigenvalue weighted by Crippen LogP contribution is 2.26. The fraction of sp³-hybridized carbons (Fsp3) is 0.435. The summed E-state index contributed by atoms with van der Waals surface area (Å²) in [5.74, 6) is 0.0576. The fourth-order valence-electron chi connectivity index (χ4n) is 3.65. The van der Waals surface area contributed by atoms with Gasteiger partial charge in [0.2, 0.25) is 0 Å². The van der Waals surface area contributed by atoms with E-state index in [4.69, 9.17) is 21.4 Å². The van der Waals surface area contributed by atoms with E-state index in [1.807, 2.05) is 12.1 Å². The van der Waals surface area contributed by atoms with E-state index in [9.17, 15) is 9.18 Å².